The van der Waals surface area contributed by atoms with Gasteiger partial charge in [0.1, 0.15) is 12.4 Å². The summed E-state index contributed by atoms with van der Waals surface area (Å²) in [7, 11) is 0. The highest BCUT2D eigenvalue weighted by atomic mass is 35.5. The Balaban J connectivity index is 2.48. The summed E-state index contributed by atoms with van der Waals surface area (Å²) in [5.41, 5.74) is 0.797. The van der Waals surface area contributed by atoms with Crippen molar-refractivity contribution < 1.29 is 9.53 Å². The van der Waals surface area contributed by atoms with Gasteiger partial charge in [-0.25, -0.2) is 0 Å². The van der Waals surface area contributed by atoms with Gasteiger partial charge in [-0.3, -0.25) is 4.79 Å². The van der Waals surface area contributed by atoms with Crippen molar-refractivity contribution in [3.8, 4) is 5.75 Å². The fourth-order valence-electron chi connectivity index (χ4n) is 1.80. The van der Waals surface area contributed by atoms with Gasteiger partial charge in [-0.1, -0.05) is 11.6 Å². The molecule has 2 rings (SSSR count). The molecule has 1 aromatic rings. The van der Waals surface area contributed by atoms with Gasteiger partial charge in [-0.05, 0) is 19.1 Å². The predicted molar refractivity (Wildman–Crippen MR) is 59.6 cm³/mol. The Kier molecular flexibility index (Phi) is 2.57. The van der Waals surface area contributed by atoms with Gasteiger partial charge in [-0.2, -0.15) is 0 Å². The summed E-state index contributed by atoms with van der Waals surface area (Å²) in [6, 6.07) is 5.38. The van der Waals surface area contributed by atoms with Crippen LogP contribution in [0.5, 0.6) is 5.75 Å². The summed E-state index contributed by atoms with van der Waals surface area (Å²) in [6.45, 7) is 4.02. The van der Waals surface area contributed by atoms with E-state index < -0.39 is 0 Å². The Morgan fingerprint density at radius 3 is 3.00 bits per heavy atom. The molecule has 0 aromatic heterocycles. The molecule has 3 nitrogen and oxygen atoms in total. The van der Waals surface area contributed by atoms with Crippen LogP contribution in [0.3, 0.4) is 0 Å². The molecule has 1 heterocycles. The number of rotatable bonds is 0. The maximum Gasteiger partial charge on any atom is 0.224 e. The number of hydrogen-bond acceptors (Lipinski definition) is 2. The van der Waals surface area contributed by atoms with E-state index in [9.17, 15) is 4.79 Å². The molecule has 4 heteroatoms. The van der Waals surface area contributed by atoms with Crippen LogP contribution in [0.15, 0.2) is 18.2 Å². The van der Waals surface area contributed by atoms with Crippen molar-refractivity contribution in [2.24, 2.45) is 0 Å². The minimum Gasteiger partial charge on any atom is -0.489 e. The number of carbonyl (C=O) groups is 1. The topological polar surface area (TPSA) is 29.5 Å². The molecule has 80 valence electrons. The van der Waals surface area contributed by atoms with Crippen LogP contribution in [0, 0.1) is 0 Å². The highest BCUT2D eigenvalue weighted by molar-refractivity contribution is 6.30. The SMILES string of the molecule is CC(=O)N1c2ccc(Cl)cc2OCC1C. The fourth-order valence-corrected chi connectivity index (χ4v) is 1.97. The van der Waals surface area contributed by atoms with Crippen LogP contribution in [0.25, 0.3) is 0 Å². The van der Waals surface area contributed by atoms with Gasteiger partial charge in [0.2, 0.25) is 5.91 Å². The quantitative estimate of drug-likeness (QED) is 0.679. The number of carbonyl (C=O) groups excluding carboxylic acids is 1. The number of anilines is 1. The largest absolute Gasteiger partial charge is 0.489 e. The first-order chi connectivity index (χ1) is 7.09. The van der Waals surface area contributed by atoms with E-state index in [4.69, 9.17) is 16.3 Å². The summed E-state index contributed by atoms with van der Waals surface area (Å²) in [5, 5.41) is 0.617. The number of hydrogen-bond donors (Lipinski definition) is 0. The molecule has 0 bridgehead atoms. The van der Waals surface area contributed by atoms with Gasteiger partial charge in [0.25, 0.3) is 0 Å². The number of benzene rings is 1. The average Bonchev–Trinajstić information content (AvgIpc) is 2.17. The molecule has 0 saturated heterocycles. The minimum atomic E-state index is 0.0226. The second kappa shape index (κ2) is 3.74. The molecule has 0 fully saturated rings. The first-order valence-corrected chi connectivity index (χ1v) is 5.19. The molecule has 15 heavy (non-hydrogen) atoms. The van der Waals surface area contributed by atoms with Crippen LogP contribution in [-0.2, 0) is 4.79 Å². The van der Waals surface area contributed by atoms with E-state index in [1.54, 1.807) is 24.0 Å². The Morgan fingerprint density at radius 1 is 1.60 bits per heavy atom. The molecule has 1 aliphatic heterocycles. The third kappa shape index (κ3) is 1.79. The van der Waals surface area contributed by atoms with Crippen LogP contribution >= 0.6 is 11.6 Å². The van der Waals surface area contributed by atoms with E-state index in [-0.39, 0.29) is 11.9 Å². The van der Waals surface area contributed by atoms with E-state index in [1.165, 1.54) is 0 Å². The van der Waals surface area contributed by atoms with Gasteiger partial charge in [0.05, 0.1) is 11.7 Å². The van der Waals surface area contributed by atoms with Crippen molar-refractivity contribution in [1.29, 1.82) is 0 Å². The minimum absolute atomic E-state index is 0.0226. The Bertz CT molecular complexity index is 406. The van der Waals surface area contributed by atoms with Crippen molar-refractivity contribution in [2.45, 2.75) is 19.9 Å². The Hall–Kier alpha value is -1.22. The molecule has 1 unspecified atom stereocenters. The van der Waals surface area contributed by atoms with E-state index in [0.29, 0.717) is 17.4 Å². The van der Waals surface area contributed by atoms with Crippen molar-refractivity contribution in [3.63, 3.8) is 0 Å². The molecule has 0 radical (unpaired) electrons. The monoisotopic (exact) mass is 225 g/mol. The van der Waals surface area contributed by atoms with Gasteiger partial charge < -0.3 is 9.64 Å². The second-order valence-corrected chi connectivity index (χ2v) is 4.10. The smallest absolute Gasteiger partial charge is 0.224 e. The van der Waals surface area contributed by atoms with Crippen LogP contribution < -0.4 is 9.64 Å². The van der Waals surface area contributed by atoms with Gasteiger partial charge in [0, 0.05) is 18.0 Å². The lowest BCUT2D eigenvalue weighted by Crippen LogP contribution is -2.43. The molecule has 0 aliphatic carbocycles. The highest BCUT2D eigenvalue weighted by Gasteiger charge is 2.27. The fraction of sp³-hybridized carbons (Fsp3) is 0.364. The highest BCUT2D eigenvalue weighted by Crippen LogP contribution is 2.35. The summed E-state index contributed by atoms with van der Waals surface area (Å²) in [4.78, 5) is 13.2. The summed E-state index contributed by atoms with van der Waals surface area (Å²) >= 11 is 5.86. The van der Waals surface area contributed by atoms with E-state index >= 15 is 0 Å². The van der Waals surface area contributed by atoms with E-state index in [1.807, 2.05) is 13.0 Å². The van der Waals surface area contributed by atoms with Crippen LogP contribution in [0.1, 0.15) is 13.8 Å². The lowest BCUT2D eigenvalue weighted by Gasteiger charge is -2.34. The van der Waals surface area contributed by atoms with Crippen LogP contribution in [0.2, 0.25) is 5.02 Å². The lowest BCUT2D eigenvalue weighted by molar-refractivity contribution is -0.117. The zero-order valence-electron chi connectivity index (χ0n) is 8.66. The predicted octanol–water partition coefficient (Wildman–Crippen LogP) is 2.47. The van der Waals surface area contributed by atoms with Crippen LogP contribution in [0.4, 0.5) is 5.69 Å². The normalized spacial score (nSPS) is 19.4. The first-order valence-electron chi connectivity index (χ1n) is 4.81. The maximum absolute atomic E-state index is 11.5. The Morgan fingerprint density at radius 2 is 2.33 bits per heavy atom. The van der Waals surface area contributed by atoms with Gasteiger partial charge >= 0.3 is 0 Å². The van der Waals surface area contributed by atoms with Crippen LogP contribution in [-0.4, -0.2) is 18.6 Å². The number of ether oxygens (including phenoxy) is 1. The molecule has 1 amide bonds. The summed E-state index contributed by atoms with van der Waals surface area (Å²) in [6.07, 6.45) is 0. The number of nitrogens with zero attached hydrogens (tertiary/aromatic N) is 1. The van der Waals surface area contributed by atoms with Crippen molar-refractivity contribution in [1.82, 2.24) is 0 Å². The maximum atomic E-state index is 11.5. The van der Waals surface area contributed by atoms with Crippen molar-refractivity contribution >= 4 is 23.2 Å². The molecule has 0 N–H and O–H groups in total. The molecule has 0 spiro atoms. The molecule has 1 aromatic carbocycles. The van der Waals surface area contributed by atoms with Gasteiger partial charge in [0.15, 0.2) is 0 Å². The molecule has 0 saturated carbocycles. The molecule has 1 aliphatic rings. The summed E-state index contributed by atoms with van der Waals surface area (Å²) < 4.78 is 5.52. The zero-order chi connectivity index (χ0) is 11.0. The zero-order valence-corrected chi connectivity index (χ0v) is 9.41. The average molecular weight is 226 g/mol. The van der Waals surface area contributed by atoms with Crippen molar-refractivity contribution in [2.75, 3.05) is 11.5 Å². The number of halogens is 1. The third-order valence-corrected chi connectivity index (χ3v) is 2.68. The Labute approximate surface area is 93.6 Å². The van der Waals surface area contributed by atoms with Gasteiger partial charge in [-0.15, -0.1) is 0 Å². The number of fused-ring (bicyclic) bond motifs is 1. The first kappa shape index (κ1) is 10.3. The van der Waals surface area contributed by atoms with E-state index in [2.05, 4.69) is 0 Å². The molecular formula is C11H12ClNO2. The van der Waals surface area contributed by atoms with Crippen molar-refractivity contribution in [3.05, 3.63) is 23.2 Å². The second-order valence-electron chi connectivity index (χ2n) is 3.66. The molecular weight excluding hydrogens is 214 g/mol. The number of amides is 1. The standard InChI is InChI=1S/C11H12ClNO2/c1-7-6-15-11-5-9(12)3-4-10(11)13(7)8(2)14/h3-5,7H,6H2,1-2H3. The van der Waals surface area contributed by atoms with E-state index in [0.717, 1.165) is 5.69 Å². The molecule has 1 atom stereocenters. The third-order valence-electron chi connectivity index (χ3n) is 2.44. The lowest BCUT2D eigenvalue weighted by atomic mass is 10.1. The summed E-state index contributed by atoms with van der Waals surface area (Å²) in [5.74, 6) is 0.699.